The van der Waals surface area contributed by atoms with Crippen molar-refractivity contribution in [2.75, 3.05) is 25.6 Å². The summed E-state index contributed by atoms with van der Waals surface area (Å²) in [5, 5.41) is 4.89. The van der Waals surface area contributed by atoms with E-state index in [2.05, 4.69) is 15.4 Å². The van der Waals surface area contributed by atoms with E-state index < -0.39 is 17.8 Å². The molecule has 0 bridgehead atoms. The minimum absolute atomic E-state index is 0.0350. The summed E-state index contributed by atoms with van der Waals surface area (Å²) in [6.07, 6.45) is -0.610. The van der Waals surface area contributed by atoms with Gasteiger partial charge in [0.2, 0.25) is 0 Å². The highest BCUT2D eigenvalue weighted by Gasteiger charge is 2.09. The minimum Gasteiger partial charge on any atom is -0.448 e. The fourth-order valence-corrected chi connectivity index (χ4v) is 1.34. The Hall–Kier alpha value is -1.82. The van der Waals surface area contributed by atoms with Crippen LogP contribution in [0.2, 0.25) is 0 Å². The first-order chi connectivity index (χ1) is 9.15. The zero-order valence-electron chi connectivity index (χ0n) is 10.1. The van der Waals surface area contributed by atoms with Crippen LogP contribution in [0.25, 0.3) is 0 Å². The van der Waals surface area contributed by atoms with E-state index in [0.29, 0.717) is 0 Å². The van der Waals surface area contributed by atoms with Gasteiger partial charge in [-0.2, -0.15) is 0 Å². The molecule has 104 valence electrons. The lowest BCUT2D eigenvalue weighted by Gasteiger charge is -2.07. The van der Waals surface area contributed by atoms with Gasteiger partial charge in [0, 0.05) is 13.1 Å². The van der Waals surface area contributed by atoms with E-state index in [1.165, 1.54) is 18.2 Å². The first kappa shape index (κ1) is 15.2. The molecule has 0 saturated carbocycles. The molecule has 0 aliphatic carbocycles. The third kappa shape index (κ3) is 5.56. The monoisotopic (exact) mass is 288 g/mol. The molecule has 0 fully saturated rings. The molecule has 0 atom stereocenters. The average molecular weight is 289 g/mol. The minimum atomic E-state index is -0.610. The fourth-order valence-electron chi connectivity index (χ4n) is 1.26. The molecule has 1 aromatic rings. The number of rotatable bonds is 6. The zero-order valence-corrected chi connectivity index (χ0v) is 10.9. The number of alkyl carbamates (subject to hydrolysis) is 1. The number of benzene rings is 1. The van der Waals surface area contributed by atoms with Crippen molar-refractivity contribution in [1.82, 2.24) is 10.6 Å². The average Bonchev–Trinajstić information content (AvgIpc) is 2.41. The summed E-state index contributed by atoms with van der Waals surface area (Å²) >= 11 is 5.33. The Morgan fingerprint density at radius 1 is 1.21 bits per heavy atom. The number of hydrogen-bond acceptors (Lipinski definition) is 3. The largest absolute Gasteiger partial charge is 0.448 e. The van der Waals surface area contributed by atoms with Crippen LogP contribution in [0, 0.1) is 5.82 Å². The Morgan fingerprint density at radius 2 is 1.89 bits per heavy atom. The van der Waals surface area contributed by atoms with Crippen molar-refractivity contribution < 1.29 is 18.7 Å². The normalized spacial score (nSPS) is 9.79. The molecular weight excluding hydrogens is 275 g/mol. The van der Waals surface area contributed by atoms with Crippen LogP contribution in [-0.2, 0) is 4.74 Å². The zero-order chi connectivity index (χ0) is 14.1. The molecule has 1 rings (SSSR count). The maximum absolute atomic E-state index is 13.3. The molecule has 1 aromatic carbocycles. The number of nitrogens with one attached hydrogen (secondary N) is 2. The van der Waals surface area contributed by atoms with E-state index in [0.717, 1.165) is 0 Å². The Labute approximate surface area is 115 Å². The molecule has 7 heteroatoms. The van der Waals surface area contributed by atoms with Gasteiger partial charge in [0.1, 0.15) is 12.4 Å². The molecule has 0 unspecified atom stereocenters. The third-order valence-electron chi connectivity index (χ3n) is 2.11. The number of alkyl halides is 1. The Morgan fingerprint density at radius 3 is 2.58 bits per heavy atom. The molecular formula is C12H14ClFN2O3. The third-order valence-corrected chi connectivity index (χ3v) is 2.26. The number of carbonyl (C=O) groups excluding carboxylic acids is 2. The van der Waals surface area contributed by atoms with Gasteiger partial charge in [-0.1, -0.05) is 12.1 Å². The van der Waals surface area contributed by atoms with Gasteiger partial charge in [-0.15, -0.1) is 11.6 Å². The van der Waals surface area contributed by atoms with Gasteiger partial charge in [-0.05, 0) is 12.1 Å². The van der Waals surface area contributed by atoms with E-state index in [1.807, 2.05) is 0 Å². The Kier molecular flexibility index (Phi) is 6.67. The highest BCUT2D eigenvalue weighted by Crippen LogP contribution is 2.05. The van der Waals surface area contributed by atoms with Crippen molar-refractivity contribution in [2.45, 2.75) is 0 Å². The topological polar surface area (TPSA) is 67.4 Å². The molecule has 19 heavy (non-hydrogen) atoms. The standard InChI is InChI=1S/C12H14ClFN2O3/c13-5-8-19-12(18)16-7-6-15-11(17)9-3-1-2-4-10(9)14/h1-4H,5-8H2,(H,15,17)(H,16,18). The van der Waals surface area contributed by atoms with E-state index in [1.54, 1.807) is 6.07 Å². The first-order valence-corrected chi connectivity index (χ1v) is 6.18. The van der Waals surface area contributed by atoms with Crippen LogP contribution in [0.3, 0.4) is 0 Å². The molecule has 2 N–H and O–H groups in total. The second-order valence-corrected chi connectivity index (χ2v) is 3.87. The molecule has 0 spiro atoms. The molecule has 0 aliphatic heterocycles. The maximum atomic E-state index is 13.3. The molecule has 5 nitrogen and oxygen atoms in total. The van der Waals surface area contributed by atoms with Crippen LogP contribution in [0.1, 0.15) is 10.4 Å². The summed E-state index contributed by atoms with van der Waals surface area (Å²) in [4.78, 5) is 22.6. The molecule has 2 amide bonds. The summed E-state index contributed by atoms with van der Waals surface area (Å²) in [6.45, 7) is 0.472. The van der Waals surface area contributed by atoms with Crippen LogP contribution in [0.15, 0.2) is 24.3 Å². The Bertz CT molecular complexity index is 443. The van der Waals surface area contributed by atoms with Gasteiger partial charge in [0.25, 0.3) is 5.91 Å². The maximum Gasteiger partial charge on any atom is 0.407 e. The number of amides is 2. The molecule has 0 radical (unpaired) electrons. The lowest BCUT2D eigenvalue weighted by atomic mass is 10.2. The molecule has 0 aliphatic rings. The highest BCUT2D eigenvalue weighted by molar-refractivity contribution is 6.18. The van der Waals surface area contributed by atoms with Crippen molar-refractivity contribution in [3.8, 4) is 0 Å². The lowest BCUT2D eigenvalue weighted by molar-refractivity contribution is 0.0948. The van der Waals surface area contributed by atoms with Crippen molar-refractivity contribution in [1.29, 1.82) is 0 Å². The summed E-state index contributed by atoms with van der Waals surface area (Å²) in [5.74, 6) is -0.902. The van der Waals surface area contributed by atoms with Crippen LogP contribution in [0.4, 0.5) is 9.18 Å². The van der Waals surface area contributed by atoms with Crippen molar-refractivity contribution in [3.63, 3.8) is 0 Å². The fraction of sp³-hybridized carbons (Fsp3) is 0.333. The highest BCUT2D eigenvalue weighted by atomic mass is 35.5. The van der Waals surface area contributed by atoms with Gasteiger partial charge in [-0.3, -0.25) is 4.79 Å². The van der Waals surface area contributed by atoms with Crippen molar-refractivity contribution in [3.05, 3.63) is 35.6 Å². The number of carbonyl (C=O) groups is 2. The SMILES string of the molecule is O=C(NCCNC(=O)c1ccccc1F)OCCCl. The van der Waals surface area contributed by atoms with Gasteiger partial charge in [0.15, 0.2) is 0 Å². The summed E-state index contributed by atoms with van der Waals surface area (Å²) < 4.78 is 17.9. The van der Waals surface area contributed by atoms with E-state index in [4.69, 9.17) is 11.6 Å². The van der Waals surface area contributed by atoms with Gasteiger partial charge < -0.3 is 15.4 Å². The lowest BCUT2D eigenvalue weighted by Crippen LogP contribution is -2.35. The van der Waals surface area contributed by atoms with Crippen LogP contribution < -0.4 is 10.6 Å². The summed E-state index contributed by atoms with van der Waals surface area (Å²) in [5.41, 5.74) is -0.0350. The quantitative estimate of drug-likeness (QED) is 0.616. The number of ether oxygens (including phenoxy) is 1. The molecule has 0 saturated heterocycles. The second kappa shape index (κ2) is 8.31. The number of hydrogen-bond donors (Lipinski definition) is 2. The second-order valence-electron chi connectivity index (χ2n) is 3.49. The van der Waals surface area contributed by atoms with Crippen LogP contribution >= 0.6 is 11.6 Å². The predicted molar refractivity (Wildman–Crippen MR) is 68.8 cm³/mol. The van der Waals surface area contributed by atoms with Gasteiger partial charge >= 0.3 is 6.09 Å². The van der Waals surface area contributed by atoms with Crippen molar-refractivity contribution in [2.24, 2.45) is 0 Å². The predicted octanol–water partition coefficient (Wildman–Crippen LogP) is 1.52. The molecule has 0 aromatic heterocycles. The number of halogens is 2. The summed E-state index contributed by atoms with van der Waals surface area (Å²) in [7, 11) is 0. The van der Waals surface area contributed by atoms with E-state index in [-0.39, 0.29) is 31.1 Å². The summed E-state index contributed by atoms with van der Waals surface area (Å²) in [6, 6.07) is 5.66. The van der Waals surface area contributed by atoms with Gasteiger partial charge in [0.05, 0.1) is 11.4 Å². The van der Waals surface area contributed by atoms with Crippen molar-refractivity contribution >= 4 is 23.6 Å². The van der Waals surface area contributed by atoms with Crippen LogP contribution in [0.5, 0.6) is 0 Å². The van der Waals surface area contributed by atoms with Crippen LogP contribution in [-0.4, -0.2) is 37.6 Å². The Balaban J connectivity index is 2.25. The molecule has 0 heterocycles. The van der Waals surface area contributed by atoms with E-state index >= 15 is 0 Å². The smallest absolute Gasteiger partial charge is 0.407 e. The van der Waals surface area contributed by atoms with Gasteiger partial charge in [-0.25, -0.2) is 9.18 Å². The first-order valence-electron chi connectivity index (χ1n) is 5.64. The van der Waals surface area contributed by atoms with E-state index in [9.17, 15) is 14.0 Å².